The molecule has 0 bridgehead atoms. The third-order valence-electron chi connectivity index (χ3n) is 9.02. The van der Waals surface area contributed by atoms with E-state index in [1.54, 1.807) is 24.3 Å². The van der Waals surface area contributed by atoms with Gasteiger partial charge in [-0.05, 0) is 55.0 Å². The van der Waals surface area contributed by atoms with Crippen LogP contribution >= 0.6 is 0 Å². The lowest BCUT2D eigenvalue weighted by Crippen LogP contribution is -2.49. The molecule has 4 heterocycles. The van der Waals surface area contributed by atoms with Crippen LogP contribution in [0.4, 0.5) is 35.1 Å². The quantitative estimate of drug-likeness (QED) is 0.317. The Bertz CT molecular complexity index is 1500. The molecule has 9 nitrogen and oxygen atoms in total. The van der Waals surface area contributed by atoms with E-state index in [0.717, 1.165) is 18.4 Å². The van der Waals surface area contributed by atoms with Gasteiger partial charge in [0.2, 0.25) is 11.7 Å². The highest BCUT2D eigenvalue weighted by Gasteiger charge is 2.42. The molecule has 2 amide bonds. The number of carbonyl (C=O) groups is 2. The van der Waals surface area contributed by atoms with Gasteiger partial charge in [-0.2, -0.15) is 18.2 Å². The van der Waals surface area contributed by atoms with Crippen molar-refractivity contribution in [3.8, 4) is 0 Å². The van der Waals surface area contributed by atoms with Crippen LogP contribution in [-0.2, 0) is 11.0 Å². The molecule has 6 rings (SSSR count). The maximum absolute atomic E-state index is 13.9. The van der Waals surface area contributed by atoms with Gasteiger partial charge in [0.25, 0.3) is 11.9 Å². The molecule has 0 spiro atoms. The first-order valence-corrected chi connectivity index (χ1v) is 15.5. The molecule has 3 aliphatic rings. The van der Waals surface area contributed by atoms with Crippen LogP contribution in [0.2, 0.25) is 0 Å². The van der Waals surface area contributed by atoms with E-state index in [9.17, 15) is 27.2 Å². The van der Waals surface area contributed by atoms with Gasteiger partial charge in [0.1, 0.15) is 11.6 Å². The number of amides is 2. The van der Waals surface area contributed by atoms with Crippen molar-refractivity contribution in [2.24, 2.45) is 5.92 Å². The summed E-state index contributed by atoms with van der Waals surface area (Å²) in [6.07, 6.45) is 3.56. The smallest absolute Gasteiger partial charge is 0.417 e. The lowest BCUT2D eigenvalue weighted by atomic mass is 9.86. The summed E-state index contributed by atoms with van der Waals surface area (Å²) in [5, 5.41) is 2.44. The van der Waals surface area contributed by atoms with E-state index < -0.39 is 23.5 Å². The topological polar surface area (TPSA) is 94.8 Å². The van der Waals surface area contributed by atoms with Crippen molar-refractivity contribution in [3.05, 3.63) is 65.4 Å². The number of pyridine rings is 1. The minimum Gasteiger partial charge on any atom is -0.417 e. The zero-order chi connectivity index (χ0) is 31.6. The number of nitrogens with zero attached hydrogens (tertiary/aromatic N) is 5. The largest absolute Gasteiger partial charge is 0.437 e. The van der Waals surface area contributed by atoms with Crippen molar-refractivity contribution < 1.29 is 31.6 Å². The number of aromatic nitrogens is 2. The van der Waals surface area contributed by atoms with Crippen molar-refractivity contribution in [3.63, 3.8) is 0 Å². The Balaban J connectivity index is 1.06. The average Bonchev–Trinajstić information content (AvgIpc) is 3.71. The fourth-order valence-electron chi connectivity index (χ4n) is 6.54. The van der Waals surface area contributed by atoms with E-state index in [-0.39, 0.29) is 35.9 Å². The van der Waals surface area contributed by atoms with Gasteiger partial charge in [-0.3, -0.25) is 9.59 Å². The number of carbonyl (C=O) groups excluding carboxylic acids is 2. The number of hydrogen-bond acceptors (Lipinski definition) is 7. The molecule has 240 valence electrons. The number of halogens is 4. The predicted molar refractivity (Wildman–Crippen MR) is 160 cm³/mol. The highest BCUT2D eigenvalue weighted by Crippen LogP contribution is 2.37. The summed E-state index contributed by atoms with van der Waals surface area (Å²) in [6, 6.07) is 9.03. The molecule has 2 aromatic heterocycles. The molecule has 3 aromatic rings. The minimum atomic E-state index is -4.92. The number of oxazole rings is 1. The van der Waals surface area contributed by atoms with Crippen LogP contribution in [0.25, 0.3) is 0 Å². The average molecular weight is 629 g/mol. The van der Waals surface area contributed by atoms with E-state index in [4.69, 9.17) is 4.42 Å². The Morgan fingerprint density at radius 2 is 1.73 bits per heavy atom. The molecule has 1 unspecified atom stereocenters. The van der Waals surface area contributed by atoms with Gasteiger partial charge in [-0.25, -0.2) is 9.37 Å². The fraction of sp³-hybridized carbons (Fsp3) is 0.500. The van der Waals surface area contributed by atoms with Crippen LogP contribution in [0.1, 0.15) is 72.7 Å². The Morgan fingerprint density at radius 3 is 2.42 bits per heavy atom. The molecule has 1 aliphatic carbocycles. The third-order valence-corrected chi connectivity index (χ3v) is 9.02. The van der Waals surface area contributed by atoms with Crippen LogP contribution in [0.15, 0.2) is 47.0 Å². The van der Waals surface area contributed by atoms with E-state index >= 15 is 0 Å². The SMILES string of the molecule is O=C(Nc1ccc(N2CCN(C(=O)CC3CCCCC3)CC2)nc1)c1oc(N2CCC(c3cccc(F)c3)C2)nc1C(F)(F)F. The number of nitrogens with one attached hydrogen (secondary N) is 1. The zero-order valence-corrected chi connectivity index (χ0v) is 24.9. The second-order valence-corrected chi connectivity index (χ2v) is 12.1. The molecule has 2 saturated heterocycles. The molecule has 1 aromatic carbocycles. The van der Waals surface area contributed by atoms with E-state index in [2.05, 4.69) is 15.3 Å². The van der Waals surface area contributed by atoms with Gasteiger partial charge in [0.05, 0.1) is 11.9 Å². The van der Waals surface area contributed by atoms with Gasteiger partial charge >= 0.3 is 6.18 Å². The highest BCUT2D eigenvalue weighted by atomic mass is 19.4. The first kappa shape index (κ1) is 30.8. The molecular formula is C32H36F4N6O3. The van der Waals surface area contributed by atoms with Gasteiger partial charge < -0.3 is 24.4 Å². The van der Waals surface area contributed by atoms with Crippen LogP contribution in [0.3, 0.4) is 0 Å². The number of anilines is 3. The van der Waals surface area contributed by atoms with Gasteiger partial charge in [-0.1, -0.05) is 31.4 Å². The summed E-state index contributed by atoms with van der Waals surface area (Å²) in [5.41, 5.74) is -0.479. The number of piperazine rings is 1. The fourth-order valence-corrected chi connectivity index (χ4v) is 6.54. The standard InChI is InChI=1S/C32H36F4N6O3/c33-24-8-4-7-22(18-24)23-11-12-42(20-23)31-39-29(32(34,35)36)28(45-31)30(44)38-25-9-10-26(37-19-25)40-13-15-41(16-14-40)27(43)17-21-5-2-1-3-6-21/h4,7-10,18-19,21,23H,1-3,5-6,11-17,20H2,(H,38,44). The number of hydrogen-bond donors (Lipinski definition) is 1. The second kappa shape index (κ2) is 13.1. The van der Waals surface area contributed by atoms with Crippen LogP contribution < -0.4 is 15.1 Å². The van der Waals surface area contributed by atoms with Crippen molar-refractivity contribution in [1.29, 1.82) is 0 Å². The number of rotatable bonds is 7. The normalized spacial score (nSPS) is 19.6. The molecule has 1 N–H and O–H groups in total. The van der Waals surface area contributed by atoms with E-state index in [1.807, 2.05) is 9.80 Å². The lowest BCUT2D eigenvalue weighted by molar-refractivity contribution is -0.141. The van der Waals surface area contributed by atoms with Gasteiger partial charge in [0, 0.05) is 51.6 Å². The number of alkyl halides is 3. The third kappa shape index (κ3) is 7.23. The molecule has 0 radical (unpaired) electrons. The van der Waals surface area contributed by atoms with Crippen LogP contribution in [-0.4, -0.2) is 66.0 Å². The molecule has 2 aliphatic heterocycles. The minimum absolute atomic E-state index is 0.117. The first-order chi connectivity index (χ1) is 21.6. The predicted octanol–water partition coefficient (Wildman–Crippen LogP) is 6.09. The van der Waals surface area contributed by atoms with Gasteiger partial charge in [-0.15, -0.1) is 0 Å². The first-order valence-electron chi connectivity index (χ1n) is 15.5. The summed E-state index contributed by atoms with van der Waals surface area (Å²) < 4.78 is 60.7. The van der Waals surface area contributed by atoms with Gasteiger partial charge in [0.15, 0.2) is 5.69 Å². The molecule has 1 saturated carbocycles. The van der Waals surface area contributed by atoms with Crippen LogP contribution in [0.5, 0.6) is 0 Å². The van der Waals surface area contributed by atoms with E-state index in [1.165, 1.54) is 42.5 Å². The Labute approximate surface area is 258 Å². The Hall–Kier alpha value is -4.16. The zero-order valence-electron chi connectivity index (χ0n) is 24.9. The Morgan fingerprint density at radius 1 is 0.956 bits per heavy atom. The van der Waals surface area contributed by atoms with Crippen molar-refractivity contribution in [1.82, 2.24) is 14.9 Å². The molecule has 45 heavy (non-hydrogen) atoms. The summed E-state index contributed by atoms with van der Waals surface area (Å²) >= 11 is 0. The maximum Gasteiger partial charge on any atom is 0.437 e. The molecule has 13 heteroatoms. The van der Waals surface area contributed by atoms with Crippen molar-refractivity contribution >= 4 is 29.3 Å². The second-order valence-electron chi connectivity index (χ2n) is 12.1. The summed E-state index contributed by atoms with van der Waals surface area (Å²) in [7, 11) is 0. The Kier molecular flexibility index (Phi) is 8.95. The monoisotopic (exact) mass is 628 g/mol. The summed E-state index contributed by atoms with van der Waals surface area (Å²) in [5.74, 6) is -1.20. The molecule has 1 atom stereocenters. The van der Waals surface area contributed by atoms with E-state index in [0.29, 0.717) is 57.3 Å². The summed E-state index contributed by atoms with van der Waals surface area (Å²) in [6.45, 7) is 3.04. The number of benzene rings is 1. The highest BCUT2D eigenvalue weighted by molar-refractivity contribution is 6.03. The van der Waals surface area contributed by atoms with Crippen LogP contribution in [0, 0.1) is 11.7 Å². The van der Waals surface area contributed by atoms with Crippen molar-refractivity contribution in [2.45, 2.75) is 57.0 Å². The molecular weight excluding hydrogens is 592 g/mol. The summed E-state index contributed by atoms with van der Waals surface area (Å²) in [4.78, 5) is 39.3. The molecule has 3 fully saturated rings. The maximum atomic E-state index is 13.9. The van der Waals surface area contributed by atoms with Crippen molar-refractivity contribution in [2.75, 3.05) is 54.4 Å². The lowest BCUT2D eigenvalue weighted by Gasteiger charge is -2.36.